The van der Waals surface area contributed by atoms with E-state index < -0.39 is 24.7 Å². The van der Waals surface area contributed by atoms with Crippen molar-refractivity contribution in [2.24, 2.45) is 5.92 Å². The van der Waals surface area contributed by atoms with Crippen LogP contribution in [0.2, 0.25) is 0 Å². The molecule has 0 atom stereocenters. The van der Waals surface area contributed by atoms with E-state index in [2.05, 4.69) is 5.32 Å². The highest BCUT2D eigenvalue weighted by atomic mass is 19.4. The van der Waals surface area contributed by atoms with Crippen molar-refractivity contribution in [2.45, 2.75) is 56.9 Å². The summed E-state index contributed by atoms with van der Waals surface area (Å²) in [6.45, 7) is 0.209. The van der Waals surface area contributed by atoms with Gasteiger partial charge in [0.05, 0.1) is 5.92 Å². The first kappa shape index (κ1) is 15.6. The number of hydrogen-bond acceptors (Lipinski definition) is 1. The summed E-state index contributed by atoms with van der Waals surface area (Å²) in [4.78, 5) is 0. The van der Waals surface area contributed by atoms with E-state index in [1.165, 1.54) is 0 Å². The molecule has 1 aliphatic rings. The molecule has 1 aliphatic carbocycles. The van der Waals surface area contributed by atoms with Crippen molar-refractivity contribution in [3.8, 4) is 0 Å². The van der Waals surface area contributed by atoms with Crippen molar-refractivity contribution in [1.82, 2.24) is 5.32 Å². The zero-order chi connectivity index (χ0) is 13.8. The third-order valence-corrected chi connectivity index (χ3v) is 3.26. The third kappa shape index (κ3) is 5.93. The summed E-state index contributed by atoms with van der Waals surface area (Å²) in [5.41, 5.74) is 0. The molecule has 0 aromatic carbocycles. The molecule has 0 aliphatic heterocycles. The molecule has 1 fully saturated rings. The van der Waals surface area contributed by atoms with Gasteiger partial charge in [-0.3, -0.25) is 0 Å². The second kappa shape index (κ2) is 6.12. The fourth-order valence-corrected chi connectivity index (χ4v) is 2.22. The maximum absolute atomic E-state index is 12.4. The quantitative estimate of drug-likeness (QED) is 0.604. The molecule has 0 aromatic heterocycles. The van der Waals surface area contributed by atoms with Crippen LogP contribution >= 0.6 is 0 Å². The van der Waals surface area contributed by atoms with Gasteiger partial charge >= 0.3 is 12.4 Å². The van der Waals surface area contributed by atoms with E-state index in [0.29, 0.717) is 12.8 Å². The van der Waals surface area contributed by atoms with E-state index >= 15 is 0 Å². The topological polar surface area (TPSA) is 12.0 Å². The summed E-state index contributed by atoms with van der Waals surface area (Å²) in [5, 5.41) is 2.90. The number of alkyl halides is 6. The molecule has 0 unspecified atom stereocenters. The van der Waals surface area contributed by atoms with Crippen LogP contribution in [0.4, 0.5) is 26.3 Å². The molecule has 1 N–H and O–H groups in total. The molecular weight excluding hydrogens is 260 g/mol. The van der Waals surface area contributed by atoms with Gasteiger partial charge in [0.15, 0.2) is 0 Å². The highest BCUT2D eigenvalue weighted by molar-refractivity contribution is 4.80. The van der Waals surface area contributed by atoms with Gasteiger partial charge in [-0.15, -0.1) is 0 Å². The Morgan fingerprint density at radius 2 is 1.44 bits per heavy atom. The molecular formula is C11H17F6N. The van der Waals surface area contributed by atoms with E-state index in [-0.39, 0.29) is 31.8 Å². The van der Waals surface area contributed by atoms with Crippen molar-refractivity contribution < 1.29 is 26.3 Å². The molecule has 0 aromatic rings. The lowest BCUT2D eigenvalue weighted by molar-refractivity contribution is -0.182. The minimum Gasteiger partial charge on any atom is -0.314 e. The van der Waals surface area contributed by atoms with Gasteiger partial charge in [-0.1, -0.05) is 0 Å². The predicted molar refractivity (Wildman–Crippen MR) is 55.1 cm³/mol. The summed E-state index contributed by atoms with van der Waals surface area (Å²) < 4.78 is 72.6. The monoisotopic (exact) mass is 277 g/mol. The van der Waals surface area contributed by atoms with E-state index in [9.17, 15) is 26.3 Å². The fourth-order valence-electron chi connectivity index (χ4n) is 2.22. The van der Waals surface area contributed by atoms with Gasteiger partial charge in [0, 0.05) is 12.5 Å². The van der Waals surface area contributed by atoms with Gasteiger partial charge in [0.2, 0.25) is 0 Å². The molecule has 18 heavy (non-hydrogen) atoms. The average molecular weight is 277 g/mol. The molecule has 0 amide bonds. The lowest BCUT2D eigenvalue weighted by Crippen LogP contribution is -2.37. The summed E-state index contributed by atoms with van der Waals surface area (Å²) in [7, 11) is 0. The molecule has 1 rings (SSSR count). The second-order valence-corrected chi connectivity index (χ2v) is 4.76. The van der Waals surface area contributed by atoms with Crippen LogP contribution in [0.15, 0.2) is 0 Å². The second-order valence-electron chi connectivity index (χ2n) is 4.76. The number of rotatable bonds is 4. The minimum absolute atomic E-state index is 0.0251. The van der Waals surface area contributed by atoms with E-state index in [4.69, 9.17) is 0 Å². The van der Waals surface area contributed by atoms with E-state index in [1.54, 1.807) is 0 Å². The first-order chi connectivity index (χ1) is 8.18. The average Bonchev–Trinajstić information content (AvgIpc) is 2.22. The van der Waals surface area contributed by atoms with Crippen LogP contribution in [0.1, 0.15) is 38.5 Å². The van der Waals surface area contributed by atoms with Crippen molar-refractivity contribution in [3.05, 3.63) is 0 Å². The summed E-state index contributed by atoms with van der Waals surface area (Å²) in [6.07, 6.45) is -8.26. The molecule has 0 spiro atoms. The van der Waals surface area contributed by atoms with Crippen molar-refractivity contribution in [1.29, 1.82) is 0 Å². The van der Waals surface area contributed by atoms with Gasteiger partial charge in [-0.25, -0.2) is 0 Å². The Labute approximate surface area is 102 Å². The summed E-state index contributed by atoms with van der Waals surface area (Å²) in [6, 6.07) is -0.0724. The third-order valence-electron chi connectivity index (χ3n) is 3.26. The maximum atomic E-state index is 12.4. The Balaban J connectivity index is 2.13. The molecule has 0 saturated heterocycles. The van der Waals surface area contributed by atoms with Gasteiger partial charge in [-0.2, -0.15) is 26.3 Å². The first-order valence-electron chi connectivity index (χ1n) is 6.05. The standard InChI is InChI=1S/C11H17F6N/c12-10(13,14)6-1-7-18-9-4-2-8(3-5-9)11(15,16)17/h8-9,18H,1-7H2. The highest BCUT2D eigenvalue weighted by Crippen LogP contribution is 2.37. The molecule has 0 bridgehead atoms. The van der Waals surface area contributed by atoms with Gasteiger partial charge in [0.1, 0.15) is 0 Å². The summed E-state index contributed by atoms with van der Waals surface area (Å²) >= 11 is 0. The van der Waals surface area contributed by atoms with Crippen LogP contribution in [-0.2, 0) is 0 Å². The van der Waals surface area contributed by atoms with Crippen LogP contribution in [0, 0.1) is 5.92 Å². The Morgan fingerprint density at radius 3 is 1.89 bits per heavy atom. The molecule has 7 heteroatoms. The highest BCUT2D eigenvalue weighted by Gasteiger charge is 2.41. The molecule has 0 heterocycles. The first-order valence-corrected chi connectivity index (χ1v) is 6.05. The zero-order valence-electron chi connectivity index (χ0n) is 9.87. The number of halogens is 6. The molecule has 0 radical (unpaired) electrons. The van der Waals surface area contributed by atoms with Crippen LogP contribution in [0.3, 0.4) is 0 Å². The van der Waals surface area contributed by atoms with E-state index in [0.717, 1.165) is 0 Å². The fraction of sp³-hybridized carbons (Fsp3) is 1.00. The normalized spacial score (nSPS) is 26.3. The molecule has 1 nitrogen and oxygen atoms in total. The van der Waals surface area contributed by atoms with Gasteiger partial charge < -0.3 is 5.32 Å². The van der Waals surface area contributed by atoms with Crippen molar-refractivity contribution >= 4 is 0 Å². The molecule has 1 saturated carbocycles. The van der Waals surface area contributed by atoms with Crippen LogP contribution in [0.25, 0.3) is 0 Å². The lowest BCUT2D eigenvalue weighted by Gasteiger charge is -2.30. The predicted octanol–water partition coefficient (Wildman–Crippen LogP) is 4.04. The van der Waals surface area contributed by atoms with Crippen LogP contribution < -0.4 is 5.32 Å². The Morgan fingerprint density at radius 1 is 0.889 bits per heavy atom. The number of nitrogens with one attached hydrogen (secondary N) is 1. The van der Waals surface area contributed by atoms with Crippen molar-refractivity contribution in [2.75, 3.05) is 6.54 Å². The zero-order valence-corrected chi connectivity index (χ0v) is 9.87. The molecule has 108 valence electrons. The van der Waals surface area contributed by atoms with Gasteiger partial charge in [0.25, 0.3) is 0 Å². The smallest absolute Gasteiger partial charge is 0.314 e. The van der Waals surface area contributed by atoms with Crippen LogP contribution in [0.5, 0.6) is 0 Å². The Kier molecular flexibility index (Phi) is 5.31. The summed E-state index contributed by atoms with van der Waals surface area (Å²) in [5.74, 6) is -1.24. The lowest BCUT2D eigenvalue weighted by atomic mass is 9.85. The Bertz CT molecular complexity index is 239. The minimum atomic E-state index is -4.16. The van der Waals surface area contributed by atoms with Gasteiger partial charge in [-0.05, 0) is 38.6 Å². The van der Waals surface area contributed by atoms with E-state index in [1.807, 2.05) is 0 Å². The Hall–Kier alpha value is -0.460. The number of hydrogen-bond donors (Lipinski definition) is 1. The maximum Gasteiger partial charge on any atom is 0.391 e. The van der Waals surface area contributed by atoms with Crippen LogP contribution in [-0.4, -0.2) is 24.9 Å². The van der Waals surface area contributed by atoms with Crippen molar-refractivity contribution in [3.63, 3.8) is 0 Å². The largest absolute Gasteiger partial charge is 0.391 e. The SMILES string of the molecule is FC(F)(F)CCCNC1CCC(C(F)(F)F)CC1.